The number of benzene rings is 2. The lowest BCUT2D eigenvalue weighted by Crippen LogP contribution is -2.21. The lowest BCUT2D eigenvalue weighted by molar-refractivity contribution is 0.102. The molecule has 0 saturated heterocycles. The highest BCUT2D eigenvalue weighted by Gasteiger charge is 2.11. The fourth-order valence-electron chi connectivity index (χ4n) is 2.93. The fourth-order valence-corrected chi connectivity index (χ4v) is 2.93. The van der Waals surface area contributed by atoms with Crippen LogP contribution < -0.4 is 20.3 Å². The number of amides is 1. The molecule has 2 N–H and O–H groups in total. The van der Waals surface area contributed by atoms with Crippen molar-refractivity contribution in [2.24, 2.45) is 0 Å². The molecule has 1 heterocycles. The highest BCUT2D eigenvalue weighted by Crippen LogP contribution is 2.24. The zero-order valence-electron chi connectivity index (χ0n) is 16.8. The monoisotopic (exact) mass is 391 g/mol. The first-order chi connectivity index (χ1) is 14.1. The van der Waals surface area contributed by atoms with Crippen LogP contribution in [0.5, 0.6) is 5.75 Å². The van der Waals surface area contributed by atoms with Crippen LogP contribution in [0.4, 0.5) is 23.0 Å². The SMILES string of the molecule is CCN(CC)c1ccc(Nc2ncc(C(=O)Nc3ccccc3OC)cn2)cc1. The highest BCUT2D eigenvalue weighted by molar-refractivity contribution is 6.04. The normalized spacial score (nSPS) is 10.3. The minimum absolute atomic E-state index is 0.301. The second-order valence-electron chi connectivity index (χ2n) is 6.29. The molecule has 0 radical (unpaired) electrons. The summed E-state index contributed by atoms with van der Waals surface area (Å²) < 4.78 is 5.25. The lowest BCUT2D eigenvalue weighted by Gasteiger charge is -2.21. The minimum atomic E-state index is -0.301. The number of ether oxygens (including phenoxy) is 1. The average molecular weight is 391 g/mol. The Hall–Kier alpha value is -3.61. The number of hydrogen-bond acceptors (Lipinski definition) is 6. The van der Waals surface area contributed by atoms with E-state index in [0.717, 1.165) is 18.8 Å². The van der Waals surface area contributed by atoms with Gasteiger partial charge in [-0.25, -0.2) is 9.97 Å². The van der Waals surface area contributed by atoms with Gasteiger partial charge in [0.15, 0.2) is 0 Å². The summed E-state index contributed by atoms with van der Waals surface area (Å²) in [5.74, 6) is 0.715. The molecule has 7 heteroatoms. The summed E-state index contributed by atoms with van der Waals surface area (Å²) in [7, 11) is 1.56. The lowest BCUT2D eigenvalue weighted by atomic mass is 10.2. The van der Waals surface area contributed by atoms with Crippen molar-refractivity contribution >= 4 is 28.9 Å². The third-order valence-corrected chi connectivity index (χ3v) is 4.52. The fraction of sp³-hybridized carbons (Fsp3) is 0.227. The zero-order valence-corrected chi connectivity index (χ0v) is 16.8. The molecule has 2 aromatic carbocycles. The van der Waals surface area contributed by atoms with Crippen LogP contribution in [0.3, 0.4) is 0 Å². The van der Waals surface area contributed by atoms with E-state index in [0.29, 0.717) is 22.9 Å². The van der Waals surface area contributed by atoms with E-state index < -0.39 is 0 Å². The summed E-state index contributed by atoms with van der Waals surface area (Å²) >= 11 is 0. The maximum Gasteiger partial charge on any atom is 0.258 e. The molecule has 150 valence electrons. The molecule has 0 spiro atoms. The topological polar surface area (TPSA) is 79.4 Å². The Morgan fingerprint density at radius 2 is 1.66 bits per heavy atom. The van der Waals surface area contributed by atoms with Crippen molar-refractivity contribution in [1.29, 1.82) is 0 Å². The predicted molar refractivity (Wildman–Crippen MR) is 116 cm³/mol. The Morgan fingerprint density at radius 1 is 1.00 bits per heavy atom. The molecule has 0 bridgehead atoms. The van der Waals surface area contributed by atoms with Crippen LogP contribution in [-0.2, 0) is 0 Å². The number of aromatic nitrogens is 2. The van der Waals surface area contributed by atoms with E-state index in [-0.39, 0.29) is 5.91 Å². The van der Waals surface area contributed by atoms with Gasteiger partial charge in [0.05, 0.1) is 18.4 Å². The molecule has 1 aromatic heterocycles. The van der Waals surface area contributed by atoms with Crippen LogP contribution >= 0.6 is 0 Å². The third kappa shape index (κ3) is 5.01. The Morgan fingerprint density at radius 3 is 2.28 bits per heavy atom. The summed E-state index contributed by atoms with van der Waals surface area (Å²) in [5, 5.41) is 5.95. The molecule has 0 aliphatic carbocycles. The molecule has 0 atom stereocenters. The number of hydrogen-bond donors (Lipinski definition) is 2. The summed E-state index contributed by atoms with van der Waals surface area (Å²) in [4.78, 5) is 23.2. The first-order valence-corrected chi connectivity index (χ1v) is 9.53. The van der Waals surface area contributed by atoms with Crippen molar-refractivity contribution < 1.29 is 9.53 Å². The van der Waals surface area contributed by atoms with Crippen LogP contribution in [0.15, 0.2) is 60.9 Å². The third-order valence-electron chi connectivity index (χ3n) is 4.52. The maximum atomic E-state index is 12.4. The summed E-state index contributed by atoms with van der Waals surface area (Å²) in [5.41, 5.74) is 3.01. The average Bonchev–Trinajstić information content (AvgIpc) is 2.76. The van der Waals surface area contributed by atoms with Gasteiger partial charge in [-0.3, -0.25) is 4.79 Å². The molecule has 0 fully saturated rings. The first kappa shape index (κ1) is 20.1. The predicted octanol–water partition coefficient (Wildman–Crippen LogP) is 4.33. The van der Waals surface area contributed by atoms with Crippen molar-refractivity contribution in [2.75, 3.05) is 35.7 Å². The second kappa shape index (κ2) is 9.54. The molecule has 1 amide bonds. The molecule has 3 aromatic rings. The summed E-state index contributed by atoms with van der Waals surface area (Å²) in [6.45, 7) is 6.19. The van der Waals surface area contributed by atoms with Crippen molar-refractivity contribution in [3.05, 3.63) is 66.5 Å². The minimum Gasteiger partial charge on any atom is -0.495 e. The Labute approximate surface area is 170 Å². The molecule has 3 rings (SSSR count). The first-order valence-electron chi connectivity index (χ1n) is 9.53. The highest BCUT2D eigenvalue weighted by atomic mass is 16.5. The number of nitrogens with one attached hydrogen (secondary N) is 2. The molecule has 0 saturated carbocycles. The number of carbonyl (C=O) groups is 1. The zero-order chi connectivity index (χ0) is 20.6. The van der Waals surface area contributed by atoms with Crippen LogP contribution in [0.2, 0.25) is 0 Å². The van der Waals surface area contributed by atoms with Gasteiger partial charge in [0.2, 0.25) is 5.95 Å². The quantitative estimate of drug-likeness (QED) is 0.595. The van der Waals surface area contributed by atoms with Crippen LogP contribution in [0.1, 0.15) is 24.2 Å². The van der Waals surface area contributed by atoms with Gasteiger partial charge >= 0.3 is 0 Å². The van der Waals surface area contributed by atoms with Crippen molar-refractivity contribution in [3.63, 3.8) is 0 Å². The van der Waals surface area contributed by atoms with Gasteiger partial charge in [-0.1, -0.05) is 12.1 Å². The standard InChI is InChI=1S/C22H25N5O2/c1-4-27(5-2)18-12-10-17(11-13-18)25-22-23-14-16(15-24-22)21(28)26-19-8-6-7-9-20(19)29-3/h6-15H,4-5H2,1-3H3,(H,26,28)(H,23,24,25). The number of carbonyl (C=O) groups excluding carboxylic acids is 1. The summed E-state index contributed by atoms with van der Waals surface area (Å²) in [6, 6.07) is 15.3. The number of para-hydroxylation sites is 2. The van der Waals surface area contributed by atoms with E-state index in [1.807, 2.05) is 24.3 Å². The van der Waals surface area contributed by atoms with Crippen LogP contribution in [-0.4, -0.2) is 36.1 Å². The molecular weight excluding hydrogens is 366 g/mol. The van der Waals surface area contributed by atoms with Gasteiger partial charge in [0, 0.05) is 36.9 Å². The van der Waals surface area contributed by atoms with E-state index in [1.165, 1.54) is 18.1 Å². The largest absolute Gasteiger partial charge is 0.495 e. The Kier molecular flexibility index (Phi) is 6.63. The van der Waals surface area contributed by atoms with E-state index in [4.69, 9.17) is 4.74 Å². The van der Waals surface area contributed by atoms with Crippen molar-refractivity contribution in [2.45, 2.75) is 13.8 Å². The molecular formula is C22H25N5O2. The van der Waals surface area contributed by atoms with Gasteiger partial charge in [-0.2, -0.15) is 0 Å². The van der Waals surface area contributed by atoms with Gasteiger partial charge in [0.1, 0.15) is 5.75 Å². The van der Waals surface area contributed by atoms with E-state index in [2.05, 4.69) is 51.5 Å². The number of methoxy groups -OCH3 is 1. The van der Waals surface area contributed by atoms with Gasteiger partial charge in [-0.15, -0.1) is 0 Å². The Bertz CT molecular complexity index is 938. The Balaban J connectivity index is 1.64. The smallest absolute Gasteiger partial charge is 0.258 e. The van der Waals surface area contributed by atoms with Crippen LogP contribution in [0, 0.1) is 0 Å². The molecule has 0 aliphatic heterocycles. The van der Waals surface area contributed by atoms with Gasteiger partial charge in [0.25, 0.3) is 5.91 Å². The van der Waals surface area contributed by atoms with E-state index in [1.54, 1.807) is 19.2 Å². The number of rotatable bonds is 8. The molecule has 0 aliphatic rings. The second-order valence-corrected chi connectivity index (χ2v) is 6.29. The molecule has 0 unspecified atom stereocenters. The molecule has 7 nitrogen and oxygen atoms in total. The number of anilines is 4. The van der Waals surface area contributed by atoms with Crippen molar-refractivity contribution in [1.82, 2.24) is 9.97 Å². The van der Waals surface area contributed by atoms with E-state index >= 15 is 0 Å². The molecule has 29 heavy (non-hydrogen) atoms. The maximum absolute atomic E-state index is 12.4. The van der Waals surface area contributed by atoms with Gasteiger partial charge < -0.3 is 20.3 Å². The number of nitrogens with zero attached hydrogens (tertiary/aromatic N) is 3. The summed E-state index contributed by atoms with van der Waals surface area (Å²) in [6.07, 6.45) is 2.98. The van der Waals surface area contributed by atoms with Crippen molar-refractivity contribution in [3.8, 4) is 5.75 Å². The van der Waals surface area contributed by atoms with Gasteiger partial charge in [-0.05, 0) is 50.2 Å². The van der Waals surface area contributed by atoms with Crippen LogP contribution in [0.25, 0.3) is 0 Å². The van der Waals surface area contributed by atoms with E-state index in [9.17, 15) is 4.79 Å².